The van der Waals surface area contributed by atoms with E-state index in [2.05, 4.69) is 48.2 Å². The third-order valence-electron chi connectivity index (χ3n) is 6.08. The van der Waals surface area contributed by atoms with E-state index < -0.39 is 0 Å². The van der Waals surface area contributed by atoms with Gasteiger partial charge in [0.15, 0.2) is 0 Å². The molecule has 0 aliphatic rings. The Morgan fingerprint density at radius 2 is 1.51 bits per heavy atom. The van der Waals surface area contributed by atoms with E-state index in [9.17, 15) is 5.11 Å². The predicted molar refractivity (Wildman–Crippen MR) is 141 cm³/mol. The van der Waals surface area contributed by atoms with Crippen molar-refractivity contribution in [2.45, 2.75) is 45.4 Å². The van der Waals surface area contributed by atoms with Crippen LogP contribution in [0.15, 0.2) is 91.0 Å². The number of aliphatic hydroxyl groups excluding tert-OH is 1. The largest absolute Gasteiger partial charge is 0.439 e. The molecule has 0 aliphatic heterocycles. The monoisotopic (exact) mass is 469 g/mol. The summed E-state index contributed by atoms with van der Waals surface area (Å²) in [5.74, 6) is 1.49. The van der Waals surface area contributed by atoms with Crippen LogP contribution in [0, 0.1) is 0 Å². The van der Waals surface area contributed by atoms with Crippen molar-refractivity contribution in [2.24, 2.45) is 7.05 Å². The molecule has 4 aromatic rings. The number of nitrogens with zero attached hydrogens (tertiary/aromatic N) is 3. The summed E-state index contributed by atoms with van der Waals surface area (Å²) in [6, 6.07) is 30.5. The van der Waals surface area contributed by atoms with E-state index in [4.69, 9.17) is 9.84 Å². The highest BCUT2D eigenvalue weighted by molar-refractivity contribution is 5.65. The van der Waals surface area contributed by atoms with Crippen LogP contribution in [-0.2, 0) is 20.1 Å². The van der Waals surface area contributed by atoms with Gasteiger partial charge >= 0.3 is 0 Å². The first kappa shape index (κ1) is 24.7. The van der Waals surface area contributed by atoms with E-state index >= 15 is 0 Å². The Bertz CT molecular complexity index is 1160. The van der Waals surface area contributed by atoms with E-state index in [0.29, 0.717) is 13.1 Å². The van der Waals surface area contributed by atoms with Crippen molar-refractivity contribution in [3.8, 4) is 22.9 Å². The molecule has 4 rings (SSSR count). The van der Waals surface area contributed by atoms with Crippen LogP contribution in [0.2, 0.25) is 0 Å². The number of hydrogen-bond acceptors (Lipinski definition) is 4. The zero-order chi connectivity index (χ0) is 24.5. The van der Waals surface area contributed by atoms with Crippen molar-refractivity contribution < 1.29 is 9.84 Å². The summed E-state index contributed by atoms with van der Waals surface area (Å²) in [7, 11) is 1.92. The molecule has 5 heteroatoms. The molecular weight excluding hydrogens is 434 g/mol. The summed E-state index contributed by atoms with van der Waals surface area (Å²) >= 11 is 0. The summed E-state index contributed by atoms with van der Waals surface area (Å²) < 4.78 is 8.19. The molecule has 3 aromatic carbocycles. The fourth-order valence-electron chi connectivity index (χ4n) is 4.33. The molecule has 0 aliphatic carbocycles. The second-order valence-electron chi connectivity index (χ2n) is 8.99. The Kier molecular flexibility index (Phi) is 8.71. The van der Waals surface area contributed by atoms with Gasteiger partial charge in [-0.05, 0) is 24.1 Å². The number of aliphatic hydroxyl groups is 1. The topological polar surface area (TPSA) is 50.5 Å². The van der Waals surface area contributed by atoms with Gasteiger partial charge in [0.25, 0.3) is 0 Å². The number of hydrogen-bond donors (Lipinski definition) is 1. The van der Waals surface area contributed by atoms with Crippen LogP contribution in [0.1, 0.15) is 37.3 Å². The lowest BCUT2D eigenvalue weighted by Gasteiger charge is -2.26. The van der Waals surface area contributed by atoms with Crippen molar-refractivity contribution >= 4 is 0 Å². The number of aromatic nitrogens is 2. The van der Waals surface area contributed by atoms with Gasteiger partial charge in [-0.25, -0.2) is 4.68 Å². The van der Waals surface area contributed by atoms with E-state index in [-0.39, 0.29) is 6.10 Å². The van der Waals surface area contributed by atoms with Gasteiger partial charge < -0.3 is 9.84 Å². The van der Waals surface area contributed by atoms with E-state index in [0.717, 1.165) is 54.3 Å². The Morgan fingerprint density at radius 3 is 2.17 bits per heavy atom. The Morgan fingerprint density at radius 1 is 0.886 bits per heavy atom. The smallest absolute Gasteiger partial charge is 0.222 e. The average molecular weight is 470 g/mol. The third-order valence-corrected chi connectivity index (χ3v) is 6.08. The van der Waals surface area contributed by atoms with Crippen molar-refractivity contribution in [1.29, 1.82) is 0 Å². The van der Waals surface area contributed by atoms with Crippen molar-refractivity contribution in [2.75, 3.05) is 6.54 Å². The molecular formula is C30H35N3O2. The first-order valence-corrected chi connectivity index (χ1v) is 12.4. The standard InChI is InChI=1S/C30H35N3O2/c1-3-4-18-26(34)22-33(21-24-14-8-5-9-15-24)23-28-29(25-16-10-6-11-17-25)31-32(2)30(28)35-27-19-12-7-13-20-27/h5-17,19-20,26,34H,3-4,18,21-23H2,1-2H3. The molecule has 35 heavy (non-hydrogen) atoms. The summed E-state index contributed by atoms with van der Waals surface area (Å²) in [5.41, 5.74) is 4.18. The summed E-state index contributed by atoms with van der Waals surface area (Å²) in [5, 5.41) is 15.7. The minimum atomic E-state index is -0.381. The van der Waals surface area contributed by atoms with Crippen molar-refractivity contribution in [3.05, 3.63) is 102 Å². The maximum absolute atomic E-state index is 10.8. The fraction of sp³-hybridized carbons (Fsp3) is 0.300. The van der Waals surface area contributed by atoms with Crippen LogP contribution in [0.5, 0.6) is 11.6 Å². The van der Waals surface area contributed by atoms with Crippen LogP contribution in [0.4, 0.5) is 0 Å². The highest BCUT2D eigenvalue weighted by Gasteiger charge is 2.23. The molecule has 5 nitrogen and oxygen atoms in total. The van der Waals surface area contributed by atoms with Crippen LogP contribution >= 0.6 is 0 Å². The molecule has 1 unspecified atom stereocenters. The van der Waals surface area contributed by atoms with Gasteiger partial charge in [-0.2, -0.15) is 5.10 Å². The van der Waals surface area contributed by atoms with E-state index in [1.54, 1.807) is 0 Å². The number of aryl methyl sites for hydroxylation is 1. The van der Waals surface area contributed by atoms with Crippen LogP contribution in [0.25, 0.3) is 11.3 Å². The maximum Gasteiger partial charge on any atom is 0.222 e. The first-order chi connectivity index (χ1) is 17.1. The Labute approximate surface area is 208 Å². The Balaban J connectivity index is 1.70. The van der Waals surface area contributed by atoms with Crippen LogP contribution < -0.4 is 4.74 Å². The number of rotatable bonds is 12. The summed E-state index contributed by atoms with van der Waals surface area (Å²) in [6.45, 7) is 4.09. The molecule has 0 bridgehead atoms. The molecule has 1 heterocycles. The molecule has 0 fully saturated rings. The molecule has 1 aromatic heterocycles. The molecule has 0 radical (unpaired) electrons. The third kappa shape index (κ3) is 6.81. The van der Waals surface area contributed by atoms with Gasteiger partial charge in [-0.3, -0.25) is 4.90 Å². The van der Waals surface area contributed by atoms with Gasteiger partial charge in [-0.15, -0.1) is 0 Å². The number of benzene rings is 3. The fourth-order valence-corrected chi connectivity index (χ4v) is 4.33. The molecule has 182 valence electrons. The van der Waals surface area contributed by atoms with Gasteiger partial charge in [-0.1, -0.05) is 98.6 Å². The normalized spacial score (nSPS) is 12.1. The zero-order valence-corrected chi connectivity index (χ0v) is 20.7. The van der Waals surface area contributed by atoms with Gasteiger partial charge in [0.05, 0.1) is 11.7 Å². The van der Waals surface area contributed by atoms with Gasteiger partial charge in [0.2, 0.25) is 5.88 Å². The zero-order valence-electron chi connectivity index (χ0n) is 20.7. The predicted octanol–water partition coefficient (Wildman–Crippen LogP) is 6.43. The number of para-hydroxylation sites is 1. The van der Waals surface area contributed by atoms with Crippen LogP contribution in [0.3, 0.4) is 0 Å². The number of ether oxygens (including phenoxy) is 1. The van der Waals surface area contributed by atoms with E-state index in [1.807, 2.05) is 66.3 Å². The Hall–Kier alpha value is -3.41. The highest BCUT2D eigenvalue weighted by Crippen LogP contribution is 2.34. The van der Waals surface area contributed by atoms with Crippen molar-refractivity contribution in [1.82, 2.24) is 14.7 Å². The minimum Gasteiger partial charge on any atom is -0.439 e. The first-order valence-electron chi connectivity index (χ1n) is 12.4. The van der Waals surface area contributed by atoms with Gasteiger partial charge in [0.1, 0.15) is 11.4 Å². The molecule has 0 spiro atoms. The quantitative estimate of drug-likeness (QED) is 0.260. The summed E-state index contributed by atoms with van der Waals surface area (Å²) in [6.07, 6.45) is 2.51. The highest BCUT2D eigenvalue weighted by atomic mass is 16.5. The van der Waals surface area contributed by atoms with Crippen molar-refractivity contribution in [3.63, 3.8) is 0 Å². The summed E-state index contributed by atoms with van der Waals surface area (Å²) in [4.78, 5) is 2.30. The number of unbranched alkanes of at least 4 members (excludes halogenated alkanes) is 1. The molecule has 1 N–H and O–H groups in total. The molecule has 1 atom stereocenters. The second kappa shape index (κ2) is 12.3. The average Bonchev–Trinajstić information content (AvgIpc) is 3.19. The maximum atomic E-state index is 10.8. The van der Waals surface area contributed by atoms with E-state index in [1.165, 1.54) is 5.56 Å². The van der Waals surface area contributed by atoms with Crippen LogP contribution in [-0.4, -0.2) is 32.4 Å². The molecule has 0 amide bonds. The minimum absolute atomic E-state index is 0.381. The lowest BCUT2D eigenvalue weighted by molar-refractivity contribution is 0.0954. The molecule has 0 saturated carbocycles. The van der Waals surface area contributed by atoms with Gasteiger partial charge in [0, 0.05) is 32.2 Å². The second-order valence-corrected chi connectivity index (χ2v) is 8.99. The SMILES string of the molecule is CCCCC(O)CN(Cc1ccccc1)Cc1c(-c2ccccc2)nn(C)c1Oc1ccccc1. The molecule has 0 saturated heterocycles. The lowest BCUT2D eigenvalue weighted by atomic mass is 10.1. The lowest BCUT2D eigenvalue weighted by Crippen LogP contribution is -2.32.